The van der Waals surface area contributed by atoms with Gasteiger partial charge in [-0.15, -0.1) is 0 Å². The largest absolute Gasteiger partial charge is 0.435 e. The molecule has 0 radical (unpaired) electrons. The van der Waals surface area contributed by atoms with Gasteiger partial charge >= 0.3 is 0 Å². The number of nitrogens with zero attached hydrogens (tertiary/aromatic N) is 2. The van der Waals surface area contributed by atoms with Crippen molar-refractivity contribution in [1.29, 1.82) is 0 Å². The first-order valence-corrected chi connectivity index (χ1v) is 21.1. The molecule has 0 atom stereocenters. The van der Waals surface area contributed by atoms with Gasteiger partial charge in [-0.3, -0.25) is 0 Å². The van der Waals surface area contributed by atoms with E-state index in [1.807, 2.05) is 30.3 Å². The maximum Gasteiger partial charge on any atom is 0.227 e. The van der Waals surface area contributed by atoms with Crippen LogP contribution in [0.4, 0.5) is 17.1 Å². The predicted octanol–water partition coefficient (Wildman–Crippen LogP) is 16.6. The fourth-order valence-electron chi connectivity index (χ4n) is 9.28. The molecule has 1 heterocycles. The molecule has 1 aromatic heterocycles. The second kappa shape index (κ2) is 14.8. The summed E-state index contributed by atoms with van der Waals surface area (Å²) in [4.78, 5) is 7.23. The molecule has 0 unspecified atom stereocenters. The Morgan fingerprint density at radius 1 is 0.323 bits per heavy atom. The summed E-state index contributed by atoms with van der Waals surface area (Å²) in [7, 11) is 0. The number of anilines is 3. The van der Waals surface area contributed by atoms with Gasteiger partial charge in [0.25, 0.3) is 0 Å². The highest BCUT2D eigenvalue weighted by atomic mass is 16.3. The lowest BCUT2D eigenvalue weighted by Crippen LogP contribution is -2.11. The SMILES string of the molecule is c1ccc(-c2nc3ccc4c(-c5ccc6cc(N(c7ccc(-c8cc9ccccc9c9ccccc89)cc7)c7ccccc7-c7ccccc7)ccc6c5)cccc4c3o2)cc1. The van der Waals surface area contributed by atoms with E-state index in [1.54, 1.807) is 0 Å². The minimum Gasteiger partial charge on any atom is -0.435 e. The summed E-state index contributed by atoms with van der Waals surface area (Å²) in [6.07, 6.45) is 0. The number of oxazole rings is 1. The van der Waals surface area contributed by atoms with Crippen molar-refractivity contribution in [2.45, 2.75) is 0 Å². The summed E-state index contributed by atoms with van der Waals surface area (Å²) < 4.78 is 6.42. The van der Waals surface area contributed by atoms with E-state index in [0.29, 0.717) is 5.89 Å². The van der Waals surface area contributed by atoms with Crippen molar-refractivity contribution in [3.05, 3.63) is 231 Å². The van der Waals surface area contributed by atoms with Crippen LogP contribution in [0.15, 0.2) is 235 Å². The van der Waals surface area contributed by atoms with Crippen molar-refractivity contribution in [3.8, 4) is 44.8 Å². The number of para-hydroxylation sites is 1. The van der Waals surface area contributed by atoms with Crippen molar-refractivity contribution in [2.24, 2.45) is 0 Å². The van der Waals surface area contributed by atoms with Crippen LogP contribution in [0, 0.1) is 0 Å². The van der Waals surface area contributed by atoms with Crippen LogP contribution in [-0.4, -0.2) is 4.98 Å². The minimum atomic E-state index is 0.634. The van der Waals surface area contributed by atoms with Gasteiger partial charge in [0.05, 0.1) is 5.69 Å². The van der Waals surface area contributed by atoms with Crippen LogP contribution in [0.25, 0.3) is 99.0 Å². The third-order valence-electron chi connectivity index (χ3n) is 12.3. The lowest BCUT2D eigenvalue weighted by atomic mass is 9.93. The average molecular weight is 791 g/mol. The van der Waals surface area contributed by atoms with Crippen LogP contribution in [0.1, 0.15) is 0 Å². The molecule has 0 N–H and O–H groups in total. The highest BCUT2D eigenvalue weighted by Gasteiger charge is 2.19. The summed E-state index contributed by atoms with van der Waals surface area (Å²) in [6.45, 7) is 0. The second-order valence-electron chi connectivity index (χ2n) is 15.9. The first-order chi connectivity index (χ1) is 30.7. The molecule has 0 aliphatic heterocycles. The summed E-state index contributed by atoms with van der Waals surface area (Å²) in [6, 6.07) is 82.7. The minimum absolute atomic E-state index is 0.634. The Morgan fingerprint density at radius 2 is 0.919 bits per heavy atom. The standard InChI is InChI=1S/C59H38N2O/c1-3-14-39(15-4-1)50-20-11-12-25-57(50)61(46-31-28-40(29-32-46)55-38-44-18-7-8-19-48(44)51-21-9-10-22-52(51)55)47-33-30-42-36-45(27-26-43(42)37-47)49-23-13-24-54-53(49)34-35-56-58(54)62-59(60-56)41-16-5-2-6-17-41/h1-38H. The Morgan fingerprint density at radius 3 is 1.76 bits per heavy atom. The molecule has 3 nitrogen and oxygen atoms in total. The maximum absolute atomic E-state index is 6.42. The van der Waals surface area contributed by atoms with Gasteiger partial charge in [0, 0.05) is 27.9 Å². The highest BCUT2D eigenvalue weighted by molar-refractivity contribution is 6.14. The Labute approximate surface area is 359 Å². The third-order valence-corrected chi connectivity index (χ3v) is 12.3. The summed E-state index contributed by atoms with van der Waals surface area (Å²) >= 11 is 0. The molecule has 11 aromatic carbocycles. The van der Waals surface area contributed by atoms with Crippen LogP contribution in [0.2, 0.25) is 0 Å². The molecular formula is C59H38N2O. The molecule has 0 saturated heterocycles. The normalized spacial score (nSPS) is 11.5. The Balaban J connectivity index is 0.961. The molecule has 12 aromatic rings. The number of hydrogen-bond donors (Lipinski definition) is 0. The zero-order chi connectivity index (χ0) is 41.0. The van der Waals surface area contributed by atoms with E-state index in [9.17, 15) is 0 Å². The van der Waals surface area contributed by atoms with E-state index in [0.717, 1.165) is 61.0 Å². The zero-order valence-electron chi connectivity index (χ0n) is 33.7. The molecule has 62 heavy (non-hydrogen) atoms. The van der Waals surface area contributed by atoms with Gasteiger partial charge in [0.15, 0.2) is 5.58 Å². The predicted molar refractivity (Wildman–Crippen MR) is 260 cm³/mol. The van der Waals surface area contributed by atoms with Crippen LogP contribution in [0.5, 0.6) is 0 Å². The second-order valence-corrected chi connectivity index (χ2v) is 15.9. The van der Waals surface area contributed by atoms with E-state index in [2.05, 4.69) is 205 Å². The molecule has 0 aliphatic carbocycles. The molecule has 12 rings (SSSR count). The van der Waals surface area contributed by atoms with Crippen LogP contribution in [-0.2, 0) is 0 Å². The summed E-state index contributed by atoms with van der Waals surface area (Å²) in [5.74, 6) is 0.634. The molecule has 0 aliphatic rings. The van der Waals surface area contributed by atoms with Gasteiger partial charge in [-0.2, -0.15) is 0 Å². The molecule has 0 bridgehead atoms. The van der Waals surface area contributed by atoms with Crippen LogP contribution >= 0.6 is 0 Å². The van der Waals surface area contributed by atoms with Gasteiger partial charge < -0.3 is 9.32 Å². The van der Waals surface area contributed by atoms with Gasteiger partial charge in [0.1, 0.15) is 5.52 Å². The van der Waals surface area contributed by atoms with Gasteiger partial charge in [-0.25, -0.2) is 4.98 Å². The molecule has 0 fully saturated rings. The van der Waals surface area contributed by atoms with E-state index in [-0.39, 0.29) is 0 Å². The van der Waals surface area contributed by atoms with Crippen molar-refractivity contribution in [1.82, 2.24) is 4.98 Å². The zero-order valence-corrected chi connectivity index (χ0v) is 33.7. The average Bonchev–Trinajstić information content (AvgIpc) is 3.80. The molecule has 3 heteroatoms. The van der Waals surface area contributed by atoms with E-state index >= 15 is 0 Å². The summed E-state index contributed by atoms with van der Waals surface area (Å²) in [5, 5.41) is 9.57. The molecule has 0 spiro atoms. The fraction of sp³-hybridized carbons (Fsp3) is 0. The number of rotatable bonds is 7. The molecular weight excluding hydrogens is 753 g/mol. The van der Waals surface area contributed by atoms with E-state index in [4.69, 9.17) is 9.40 Å². The van der Waals surface area contributed by atoms with Crippen molar-refractivity contribution < 1.29 is 4.42 Å². The third kappa shape index (κ3) is 6.10. The van der Waals surface area contributed by atoms with Crippen molar-refractivity contribution >= 4 is 71.3 Å². The number of benzene rings is 11. The van der Waals surface area contributed by atoms with Gasteiger partial charge in [-0.1, -0.05) is 170 Å². The van der Waals surface area contributed by atoms with Crippen molar-refractivity contribution in [3.63, 3.8) is 0 Å². The van der Waals surface area contributed by atoms with Gasteiger partial charge in [-0.05, 0) is 126 Å². The maximum atomic E-state index is 6.42. The van der Waals surface area contributed by atoms with Crippen LogP contribution < -0.4 is 4.90 Å². The molecule has 290 valence electrons. The molecule has 0 amide bonds. The first kappa shape index (κ1) is 35.7. The lowest BCUT2D eigenvalue weighted by molar-refractivity contribution is 0.623. The van der Waals surface area contributed by atoms with E-state index in [1.165, 1.54) is 49.2 Å². The topological polar surface area (TPSA) is 29.3 Å². The number of aromatic nitrogens is 1. The Hall–Kier alpha value is -8.27. The number of hydrogen-bond acceptors (Lipinski definition) is 3. The quantitative estimate of drug-likeness (QED) is 0.151. The van der Waals surface area contributed by atoms with Crippen LogP contribution in [0.3, 0.4) is 0 Å². The summed E-state index contributed by atoms with van der Waals surface area (Å²) in [5.41, 5.74) is 13.0. The van der Waals surface area contributed by atoms with E-state index < -0.39 is 0 Å². The first-order valence-electron chi connectivity index (χ1n) is 21.1. The monoisotopic (exact) mass is 790 g/mol. The lowest BCUT2D eigenvalue weighted by Gasteiger charge is -2.28. The van der Waals surface area contributed by atoms with Gasteiger partial charge in [0.2, 0.25) is 5.89 Å². The highest BCUT2D eigenvalue weighted by Crippen LogP contribution is 2.44. The Kier molecular flexibility index (Phi) is 8.50. The van der Waals surface area contributed by atoms with Crippen molar-refractivity contribution in [2.75, 3.05) is 4.90 Å². The number of fused-ring (bicyclic) bond motifs is 7. The molecule has 0 saturated carbocycles. The fourth-order valence-corrected chi connectivity index (χ4v) is 9.28. The Bertz CT molecular complexity index is 3630. The smallest absolute Gasteiger partial charge is 0.227 e.